The van der Waals surface area contributed by atoms with Gasteiger partial charge in [0.1, 0.15) is 0 Å². The molecule has 13 heavy (non-hydrogen) atoms. The summed E-state index contributed by atoms with van der Waals surface area (Å²) in [5, 5.41) is 0. The molecule has 2 rings (SSSR count). The Morgan fingerprint density at radius 2 is 2.15 bits per heavy atom. The zero-order chi connectivity index (χ0) is 9.42. The van der Waals surface area contributed by atoms with Crippen molar-refractivity contribution in [2.24, 2.45) is 23.7 Å². The third kappa shape index (κ3) is 1.59. The van der Waals surface area contributed by atoms with Crippen molar-refractivity contribution < 1.29 is 9.53 Å². The Kier molecular flexibility index (Phi) is 2.31. The van der Waals surface area contributed by atoms with Crippen LogP contribution in [-0.2, 0) is 9.53 Å². The van der Waals surface area contributed by atoms with Gasteiger partial charge in [0.25, 0.3) is 0 Å². The molecule has 0 aromatic heterocycles. The van der Waals surface area contributed by atoms with Crippen LogP contribution in [0.2, 0.25) is 0 Å². The molecule has 0 amide bonds. The molecule has 0 radical (unpaired) electrons. The molecule has 2 fully saturated rings. The van der Waals surface area contributed by atoms with Crippen molar-refractivity contribution in [3.63, 3.8) is 0 Å². The van der Waals surface area contributed by atoms with Crippen LogP contribution in [0, 0.1) is 23.7 Å². The zero-order valence-corrected chi connectivity index (χ0v) is 8.45. The Bertz CT molecular complexity index is 212. The van der Waals surface area contributed by atoms with E-state index in [1.54, 1.807) is 0 Å². The molecule has 2 nitrogen and oxygen atoms in total. The van der Waals surface area contributed by atoms with Crippen LogP contribution in [0.1, 0.15) is 33.1 Å². The molecule has 0 bridgehead atoms. The summed E-state index contributed by atoms with van der Waals surface area (Å²) in [6, 6.07) is 0. The van der Waals surface area contributed by atoms with Crippen LogP contribution < -0.4 is 0 Å². The van der Waals surface area contributed by atoms with Crippen LogP contribution in [0.4, 0.5) is 0 Å². The maximum absolute atomic E-state index is 11.5. The number of carbonyl (C=O) groups is 1. The molecular formula is C11H18O2. The lowest BCUT2D eigenvalue weighted by Crippen LogP contribution is -2.08. The van der Waals surface area contributed by atoms with Gasteiger partial charge in [0.15, 0.2) is 0 Å². The monoisotopic (exact) mass is 182 g/mol. The van der Waals surface area contributed by atoms with E-state index in [-0.39, 0.29) is 11.9 Å². The summed E-state index contributed by atoms with van der Waals surface area (Å²) in [6.45, 7) is 4.70. The second-order valence-electron chi connectivity index (χ2n) is 4.52. The number of carbonyl (C=O) groups excluding carboxylic acids is 1. The summed E-state index contributed by atoms with van der Waals surface area (Å²) in [5.41, 5.74) is 0. The van der Waals surface area contributed by atoms with Crippen molar-refractivity contribution in [2.75, 3.05) is 6.61 Å². The number of ether oxygens (including phenoxy) is 1. The summed E-state index contributed by atoms with van der Waals surface area (Å²) >= 11 is 0. The Hall–Kier alpha value is -0.530. The minimum atomic E-state index is 0.0617. The Labute approximate surface area is 79.7 Å². The van der Waals surface area contributed by atoms with E-state index < -0.39 is 0 Å². The average Bonchev–Trinajstić information content (AvgIpc) is 2.77. The smallest absolute Gasteiger partial charge is 0.309 e. The lowest BCUT2D eigenvalue weighted by molar-refractivity contribution is -0.145. The van der Waals surface area contributed by atoms with E-state index in [4.69, 9.17) is 4.74 Å². The lowest BCUT2D eigenvalue weighted by Gasteiger charge is -2.14. The van der Waals surface area contributed by atoms with Crippen molar-refractivity contribution in [3.8, 4) is 0 Å². The standard InChI is InChI=1S/C11H18O2/c1-3-13-11(12)10-8-5-4-7(2)6-9(8)10/h7-10H,3-6H2,1-2H3. The highest BCUT2D eigenvalue weighted by Gasteiger charge is 2.56. The SMILES string of the molecule is CCOC(=O)C1C2CCC(C)CC21. The van der Waals surface area contributed by atoms with E-state index in [1.807, 2.05) is 6.92 Å². The topological polar surface area (TPSA) is 26.3 Å². The third-order valence-corrected chi connectivity index (χ3v) is 3.56. The third-order valence-electron chi connectivity index (χ3n) is 3.56. The van der Waals surface area contributed by atoms with Gasteiger partial charge in [-0.2, -0.15) is 0 Å². The maximum Gasteiger partial charge on any atom is 0.309 e. The van der Waals surface area contributed by atoms with Gasteiger partial charge in [-0.1, -0.05) is 13.3 Å². The van der Waals surface area contributed by atoms with Gasteiger partial charge in [0, 0.05) is 0 Å². The average molecular weight is 182 g/mol. The van der Waals surface area contributed by atoms with Gasteiger partial charge in [-0.05, 0) is 37.5 Å². The molecule has 2 aliphatic rings. The fraction of sp³-hybridized carbons (Fsp3) is 0.909. The van der Waals surface area contributed by atoms with E-state index in [2.05, 4.69) is 6.92 Å². The van der Waals surface area contributed by atoms with Crippen molar-refractivity contribution in [1.29, 1.82) is 0 Å². The largest absolute Gasteiger partial charge is 0.466 e. The van der Waals surface area contributed by atoms with Crippen molar-refractivity contribution in [3.05, 3.63) is 0 Å². The molecular weight excluding hydrogens is 164 g/mol. The van der Waals surface area contributed by atoms with Crippen molar-refractivity contribution >= 4 is 5.97 Å². The van der Waals surface area contributed by atoms with Gasteiger partial charge in [0.2, 0.25) is 0 Å². The fourth-order valence-corrected chi connectivity index (χ4v) is 2.81. The van der Waals surface area contributed by atoms with Gasteiger partial charge in [0.05, 0.1) is 12.5 Å². The normalized spacial score (nSPS) is 42.3. The summed E-state index contributed by atoms with van der Waals surface area (Å²) in [4.78, 5) is 11.5. The molecule has 0 saturated heterocycles. The zero-order valence-electron chi connectivity index (χ0n) is 8.45. The second-order valence-corrected chi connectivity index (χ2v) is 4.52. The molecule has 0 aromatic rings. The van der Waals surface area contributed by atoms with Crippen LogP contribution in [-0.4, -0.2) is 12.6 Å². The van der Waals surface area contributed by atoms with E-state index >= 15 is 0 Å². The minimum absolute atomic E-state index is 0.0617. The molecule has 0 spiro atoms. The first-order valence-electron chi connectivity index (χ1n) is 5.40. The summed E-state index contributed by atoms with van der Waals surface area (Å²) in [6.07, 6.45) is 3.79. The van der Waals surface area contributed by atoms with Crippen LogP contribution in [0.15, 0.2) is 0 Å². The molecule has 0 N–H and O–H groups in total. The molecule has 0 aromatic carbocycles. The highest BCUT2D eigenvalue weighted by Crippen LogP contribution is 2.57. The van der Waals surface area contributed by atoms with Crippen LogP contribution in [0.25, 0.3) is 0 Å². The minimum Gasteiger partial charge on any atom is -0.466 e. The summed E-state index contributed by atoms with van der Waals surface area (Å²) < 4.78 is 5.05. The Morgan fingerprint density at radius 1 is 1.38 bits per heavy atom. The van der Waals surface area contributed by atoms with Crippen LogP contribution >= 0.6 is 0 Å². The van der Waals surface area contributed by atoms with Gasteiger partial charge >= 0.3 is 5.97 Å². The van der Waals surface area contributed by atoms with E-state index in [9.17, 15) is 4.79 Å². The van der Waals surface area contributed by atoms with Crippen LogP contribution in [0.5, 0.6) is 0 Å². The molecule has 4 unspecified atom stereocenters. The first-order chi connectivity index (χ1) is 6.24. The lowest BCUT2D eigenvalue weighted by atomic mass is 9.91. The first-order valence-corrected chi connectivity index (χ1v) is 5.40. The molecule has 0 aliphatic heterocycles. The fourth-order valence-electron chi connectivity index (χ4n) is 2.81. The predicted molar refractivity (Wildman–Crippen MR) is 50.1 cm³/mol. The molecule has 4 atom stereocenters. The molecule has 0 heterocycles. The van der Waals surface area contributed by atoms with E-state index in [0.29, 0.717) is 18.4 Å². The van der Waals surface area contributed by atoms with Crippen molar-refractivity contribution in [1.82, 2.24) is 0 Å². The second kappa shape index (κ2) is 3.32. The Balaban J connectivity index is 1.88. The number of fused-ring (bicyclic) bond motifs is 1. The highest BCUT2D eigenvalue weighted by atomic mass is 16.5. The highest BCUT2D eigenvalue weighted by molar-refractivity contribution is 5.76. The Morgan fingerprint density at radius 3 is 2.77 bits per heavy atom. The van der Waals surface area contributed by atoms with Gasteiger partial charge in [-0.3, -0.25) is 4.79 Å². The van der Waals surface area contributed by atoms with Gasteiger partial charge in [-0.15, -0.1) is 0 Å². The van der Waals surface area contributed by atoms with Crippen molar-refractivity contribution in [2.45, 2.75) is 33.1 Å². The molecule has 74 valence electrons. The number of rotatable bonds is 2. The quantitative estimate of drug-likeness (QED) is 0.612. The first kappa shape index (κ1) is 9.04. The van der Waals surface area contributed by atoms with Gasteiger partial charge in [-0.25, -0.2) is 0 Å². The molecule has 2 heteroatoms. The number of hydrogen-bond donors (Lipinski definition) is 0. The van der Waals surface area contributed by atoms with Gasteiger partial charge < -0.3 is 4.74 Å². The van der Waals surface area contributed by atoms with E-state index in [0.717, 1.165) is 5.92 Å². The summed E-state index contributed by atoms with van der Waals surface area (Å²) in [5.74, 6) is 2.50. The maximum atomic E-state index is 11.5. The number of esters is 1. The van der Waals surface area contributed by atoms with E-state index in [1.165, 1.54) is 19.3 Å². The summed E-state index contributed by atoms with van der Waals surface area (Å²) in [7, 11) is 0. The molecule has 2 saturated carbocycles. The predicted octanol–water partition coefficient (Wildman–Crippen LogP) is 2.23. The number of hydrogen-bond acceptors (Lipinski definition) is 2. The van der Waals surface area contributed by atoms with Crippen LogP contribution in [0.3, 0.4) is 0 Å². The molecule has 2 aliphatic carbocycles.